The molecule has 6 heteroatoms. The molecule has 136 valence electrons. The predicted molar refractivity (Wildman–Crippen MR) is 95.5 cm³/mol. The first kappa shape index (κ1) is 17.7. The summed E-state index contributed by atoms with van der Waals surface area (Å²) < 4.78 is 5.90. The normalized spacial score (nSPS) is 25.8. The zero-order valence-corrected chi connectivity index (χ0v) is 14.8. The molecule has 0 aliphatic carbocycles. The van der Waals surface area contributed by atoms with Gasteiger partial charge >= 0.3 is 0 Å². The molecule has 2 heterocycles. The molecule has 1 aromatic rings. The van der Waals surface area contributed by atoms with Crippen LogP contribution in [0.3, 0.4) is 0 Å². The standard InChI is InChI=1S/C19H27N3O3/c1-21-10-3-2-9-17(20)19(24)22-11-5-7-15(22)13-25-16-8-4-6-14(12-16)18(21)23/h4,6,8,12,15,17H,2-3,5,7,9-11,13,20H2,1H3/t15-,17-/m0/s1. The second-order valence-corrected chi connectivity index (χ2v) is 7.00. The van der Waals surface area contributed by atoms with Crippen LogP contribution in [0.1, 0.15) is 42.5 Å². The molecule has 2 aliphatic rings. The Morgan fingerprint density at radius 3 is 2.80 bits per heavy atom. The van der Waals surface area contributed by atoms with Gasteiger partial charge in [-0.1, -0.05) is 6.07 Å². The van der Waals surface area contributed by atoms with Gasteiger partial charge in [0.2, 0.25) is 5.91 Å². The molecule has 25 heavy (non-hydrogen) atoms. The number of hydrogen-bond acceptors (Lipinski definition) is 4. The lowest BCUT2D eigenvalue weighted by Crippen LogP contribution is -2.47. The number of rotatable bonds is 0. The van der Waals surface area contributed by atoms with Crippen molar-refractivity contribution in [1.82, 2.24) is 9.80 Å². The van der Waals surface area contributed by atoms with Gasteiger partial charge in [-0.3, -0.25) is 9.59 Å². The Balaban J connectivity index is 1.81. The monoisotopic (exact) mass is 345 g/mol. The summed E-state index contributed by atoms with van der Waals surface area (Å²) in [6, 6.07) is 6.87. The van der Waals surface area contributed by atoms with Crippen LogP contribution in [0.15, 0.2) is 24.3 Å². The lowest BCUT2D eigenvalue weighted by molar-refractivity contribution is -0.134. The number of amides is 2. The second kappa shape index (κ2) is 7.87. The molecule has 2 amide bonds. The SMILES string of the molecule is CN1CCCC[C@H](N)C(=O)N2CCC[C@H]2COc2cccc(c2)C1=O. The summed E-state index contributed by atoms with van der Waals surface area (Å²) in [6.07, 6.45) is 4.23. The van der Waals surface area contributed by atoms with E-state index in [4.69, 9.17) is 10.5 Å². The molecule has 2 N–H and O–H groups in total. The van der Waals surface area contributed by atoms with Crippen LogP contribution >= 0.6 is 0 Å². The summed E-state index contributed by atoms with van der Waals surface area (Å²) in [5.74, 6) is 0.681. The summed E-state index contributed by atoms with van der Waals surface area (Å²) in [7, 11) is 1.80. The van der Waals surface area contributed by atoms with E-state index in [0.717, 1.165) is 32.2 Å². The second-order valence-electron chi connectivity index (χ2n) is 7.00. The van der Waals surface area contributed by atoms with Crippen molar-refractivity contribution in [3.8, 4) is 5.75 Å². The Bertz CT molecular complexity index is 634. The van der Waals surface area contributed by atoms with Crippen molar-refractivity contribution < 1.29 is 14.3 Å². The van der Waals surface area contributed by atoms with Crippen LogP contribution in [0.2, 0.25) is 0 Å². The highest BCUT2D eigenvalue weighted by Gasteiger charge is 2.32. The molecule has 0 radical (unpaired) electrons. The molecule has 6 nitrogen and oxygen atoms in total. The van der Waals surface area contributed by atoms with Crippen molar-refractivity contribution >= 4 is 11.8 Å². The van der Waals surface area contributed by atoms with Crippen LogP contribution in [0, 0.1) is 0 Å². The van der Waals surface area contributed by atoms with Crippen molar-refractivity contribution in [2.24, 2.45) is 5.73 Å². The highest BCUT2D eigenvalue weighted by Crippen LogP contribution is 2.22. The summed E-state index contributed by atoms with van der Waals surface area (Å²) in [6.45, 7) is 1.84. The highest BCUT2D eigenvalue weighted by atomic mass is 16.5. The molecule has 1 saturated heterocycles. The maximum Gasteiger partial charge on any atom is 0.253 e. The van der Waals surface area contributed by atoms with Crippen LogP contribution in [-0.2, 0) is 4.79 Å². The zero-order valence-electron chi connectivity index (χ0n) is 14.8. The van der Waals surface area contributed by atoms with Gasteiger partial charge in [0.15, 0.2) is 0 Å². The molecular weight excluding hydrogens is 318 g/mol. The molecule has 0 saturated carbocycles. The number of hydrogen-bond donors (Lipinski definition) is 1. The van der Waals surface area contributed by atoms with Gasteiger partial charge in [-0.2, -0.15) is 0 Å². The largest absolute Gasteiger partial charge is 0.491 e. The van der Waals surface area contributed by atoms with Crippen molar-refractivity contribution in [2.75, 3.05) is 26.7 Å². The molecule has 0 aromatic heterocycles. The number of nitrogens with zero attached hydrogens (tertiary/aromatic N) is 2. The highest BCUT2D eigenvalue weighted by molar-refractivity contribution is 5.94. The average molecular weight is 345 g/mol. The van der Waals surface area contributed by atoms with E-state index in [0.29, 0.717) is 30.9 Å². The van der Waals surface area contributed by atoms with Crippen LogP contribution in [-0.4, -0.2) is 60.4 Å². The Hall–Kier alpha value is -2.08. The van der Waals surface area contributed by atoms with Gasteiger partial charge in [-0.05, 0) is 50.3 Å². The third kappa shape index (κ3) is 4.12. The maximum atomic E-state index is 12.6. The molecule has 2 aliphatic heterocycles. The summed E-state index contributed by atoms with van der Waals surface area (Å²) >= 11 is 0. The Morgan fingerprint density at radius 1 is 1.12 bits per heavy atom. The summed E-state index contributed by atoms with van der Waals surface area (Å²) in [5, 5.41) is 0. The molecule has 0 unspecified atom stereocenters. The van der Waals surface area contributed by atoms with Gasteiger partial charge in [0.1, 0.15) is 12.4 Å². The topological polar surface area (TPSA) is 75.9 Å². The summed E-state index contributed by atoms with van der Waals surface area (Å²) in [5.41, 5.74) is 6.75. The number of nitrogens with two attached hydrogens (primary N) is 1. The van der Waals surface area contributed by atoms with Crippen molar-refractivity contribution in [1.29, 1.82) is 0 Å². The molecule has 0 spiro atoms. The van der Waals surface area contributed by atoms with Crippen molar-refractivity contribution in [3.63, 3.8) is 0 Å². The minimum Gasteiger partial charge on any atom is -0.491 e. The molecule has 3 rings (SSSR count). The Labute approximate surface area is 148 Å². The first-order chi connectivity index (χ1) is 12.1. The molecule has 1 fully saturated rings. The average Bonchev–Trinajstić information content (AvgIpc) is 3.10. The number of carbonyl (C=O) groups excluding carboxylic acids is 2. The minimum absolute atomic E-state index is 0.0109. The minimum atomic E-state index is -0.465. The van der Waals surface area contributed by atoms with Crippen LogP contribution in [0.5, 0.6) is 5.75 Å². The van der Waals surface area contributed by atoms with Gasteiger partial charge in [0.25, 0.3) is 5.91 Å². The zero-order chi connectivity index (χ0) is 17.8. The van der Waals surface area contributed by atoms with E-state index in [9.17, 15) is 9.59 Å². The summed E-state index contributed by atoms with van der Waals surface area (Å²) in [4.78, 5) is 28.8. The lowest BCUT2D eigenvalue weighted by atomic mass is 10.1. The Kier molecular flexibility index (Phi) is 5.58. The van der Waals surface area contributed by atoms with Gasteiger partial charge in [-0.25, -0.2) is 0 Å². The molecular formula is C19H27N3O3. The fraction of sp³-hybridized carbons (Fsp3) is 0.579. The molecule has 1 aromatic carbocycles. The molecule has 2 bridgehead atoms. The van der Waals surface area contributed by atoms with Gasteiger partial charge in [0, 0.05) is 25.7 Å². The van der Waals surface area contributed by atoms with Crippen LogP contribution in [0.4, 0.5) is 0 Å². The van der Waals surface area contributed by atoms with E-state index in [2.05, 4.69) is 0 Å². The Morgan fingerprint density at radius 2 is 1.96 bits per heavy atom. The van der Waals surface area contributed by atoms with E-state index in [1.165, 1.54) is 0 Å². The first-order valence-electron chi connectivity index (χ1n) is 9.10. The lowest BCUT2D eigenvalue weighted by Gasteiger charge is -2.27. The molecule has 2 atom stereocenters. The number of carbonyl (C=O) groups is 2. The van der Waals surface area contributed by atoms with Gasteiger partial charge < -0.3 is 20.3 Å². The number of fused-ring (bicyclic) bond motifs is 3. The third-order valence-electron chi connectivity index (χ3n) is 5.11. The number of benzene rings is 1. The number of ether oxygens (including phenoxy) is 1. The van der Waals surface area contributed by atoms with Gasteiger partial charge in [-0.15, -0.1) is 0 Å². The van der Waals surface area contributed by atoms with Crippen molar-refractivity contribution in [3.05, 3.63) is 29.8 Å². The van der Waals surface area contributed by atoms with E-state index in [1.807, 2.05) is 23.1 Å². The van der Waals surface area contributed by atoms with Crippen LogP contribution < -0.4 is 10.5 Å². The van der Waals surface area contributed by atoms with Crippen molar-refractivity contribution in [2.45, 2.75) is 44.2 Å². The predicted octanol–water partition coefficient (Wildman–Crippen LogP) is 1.64. The van der Waals surface area contributed by atoms with E-state index >= 15 is 0 Å². The quantitative estimate of drug-likeness (QED) is 0.775. The van der Waals surface area contributed by atoms with E-state index in [-0.39, 0.29) is 17.9 Å². The van der Waals surface area contributed by atoms with Crippen LogP contribution in [0.25, 0.3) is 0 Å². The fourth-order valence-corrected chi connectivity index (χ4v) is 3.58. The third-order valence-corrected chi connectivity index (χ3v) is 5.11. The van der Waals surface area contributed by atoms with E-state index in [1.54, 1.807) is 18.0 Å². The smallest absolute Gasteiger partial charge is 0.253 e. The fourth-order valence-electron chi connectivity index (χ4n) is 3.58. The van der Waals surface area contributed by atoms with Gasteiger partial charge in [0.05, 0.1) is 12.1 Å². The maximum absolute atomic E-state index is 12.6. The first-order valence-corrected chi connectivity index (χ1v) is 9.10. The van der Waals surface area contributed by atoms with E-state index < -0.39 is 6.04 Å².